The number of hydrogen-bond donors (Lipinski definition) is 0. The average molecular weight is 231 g/mol. The molecular weight excluding hydrogens is 208 g/mol. The van der Waals surface area contributed by atoms with Gasteiger partial charge in [-0.1, -0.05) is 70.4 Å². The second-order valence-electron chi connectivity index (χ2n) is 5.26. The van der Waals surface area contributed by atoms with Gasteiger partial charge in [0.05, 0.1) is 6.42 Å². The molecule has 1 aromatic rings. The predicted octanol–water partition coefficient (Wildman–Crippen LogP) is 4.41. The molecule has 1 nitrogen and oxygen atoms in total. The Kier molecular flexibility index (Phi) is 5.40. The highest BCUT2D eigenvalue weighted by molar-refractivity contribution is 5.94. The van der Waals surface area contributed by atoms with Crippen LogP contribution in [-0.4, -0.2) is 5.78 Å². The molecule has 0 aliphatic heterocycles. The summed E-state index contributed by atoms with van der Waals surface area (Å²) in [5.41, 5.74) is 0.770. The number of Topliss-reactive ketones (excluding diaryl/α,β-unsaturated/α-hetero) is 1. The summed E-state index contributed by atoms with van der Waals surface area (Å²) in [4.78, 5) is 12.2. The van der Waals surface area contributed by atoms with Crippen molar-refractivity contribution in [3.05, 3.63) is 42.3 Å². The fourth-order valence-electron chi connectivity index (χ4n) is 1.84. The fraction of sp³-hybridized carbons (Fsp3) is 0.500. The van der Waals surface area contributed by atoms with Crippen LogP contribution in [0.1, 0.15) is 52.0 Å². The van der Waals surface area contributed by atoms with Gasteiger partial charge in [-0.3, -0.25) is 4.79 Å². The van der Waals surface area contributed by atoms with Crippen molar-refractivity contribution >= 4 is 5.78 Å². The largest absolute Gasteiger partial charge is 0.298 e. The molecule has 0 amide bonds. The number of carbonyl (C=O) groups is 1. The molecule has 17 heavy (non-hydrogen) atoms. The molecule has 0 aliphatic carbocycles. The van der Waals surface area contributed by atoms with Crippen LogP contribution < -0.4 is 0 Å². The molecule has 0 fully saturated rings. The Labute approximate surface area is 105 Å². The van der Waals surface area contributed by atoms with E-state index in [4.69, 9.17) is 0 Å². The van der Waals surface area contributed by atoms with Gasteiger partial charge in [0.2, 0.25) is 0 Å². The lowest BCUT2D eigenvalue weighted by Crippen LogP contribution is -2.24. The first-order valence-electron chi connectivity index (χ1n) is 6.50. The zero-order chi connectivity index (χ0) is 12.7. The summed E-state index contributed by atoms with van der Waals surface area (Å²) < 4.78 is 0. The Morgan fingerprint density at radius 1 is 1.18 bits per heavy atom. The van der Waals surface area contributed by atoms with Crippen molar-refractivity contribution in [2.45, 2.75) is 46.5 Å². The van der Waals surface area contributed by atoms with Crippen LogP contribution in [0, 0.1) is 11.8 Å². The molecule has 1 heteroatoms. The van der Waals surface area contributed by atoms with Gasteiger partial charge >= 0.3 is 0 Å². The van der Waals surface area contributed by atoms with E-state index in [0.717, 1.165) is 18.4 Å². The number of hydrogen-bond acceptors (Lipinski definition) is 1. The van der Waals surface area contributed by atoms with Crippen molar-refractivity contribution in [3.63, 3.8) is 0 Å². The number of carbonyl (C=O) groups excluding carboxylic acids is 1. The zero-order valence-corrected chi connectivity index (χ0v) is 11.2. The SMILES string of the molecule is CCCCCC(C)(C)C(=O)[CH]c1ccccc1. The van der Waals surface area contributed by atoms with Crippen molar-refractivity contribution < 1.29 is 4.79 Å². The lowest BCUT2D eigenvalue weighted by Gasteiger charge is -2.22. The van der Waals surface area contributed by atoms with Crippen LogP contribution in [0.25, 0.3) is 0 Å². The maximum absolute atomic E-state index is 12.2. The summed E-state index contributed by atoms with van der Waals surface area (Å²) >= 11 is 0. The molecule has 0 spiro atoms. The molecule has 0 unspecified atom stereocenters. The minimum absolute atomic E-state index is 0.231. The molecule has 0 atom stereocenters. The van der Waals surface area contributed by atoms with E-state index in [2.05, 4.69) is 6.92 Å². The maximum Gasteiger partial charge on any atom is 0.146 e. The first-order chi connectivity index (χ1) is 8.06. The van der Waals surface area contributed by atoms with Crippen LogP contribution in [0.5, 0.6) is 0 Å². The molecule has 0 bridgehead atoms. The minimum Gasteiger partial charge on any atom is -0.298 e. The summed E-state index contributed by atoms with van der Waals surface area (Å²) in [5, 5.41) is 0. The van der Waals surface area contributed by atoms with Crippen molar-refractivity contribution in [2.75, 3.05) is 0 Å². The van der Waals surface area contributed by atoms with Gasteiger partial charge in [-0.25, -0.2) is 0 Å². The first kappa shape index (κ1) is 14.0. The Morgan fingerprint density at radius 3 is 2.41 bits per heavy atom. The van der Waals surface area contributed by atoms with E-state index in [9.17, 15) is 4.79 Å². The minimum atomic E-state index is -0.231. The standard InChI is InChI=1S/C16H23O/c1-4-5-9-12-16(2,3)15(17)13-14-10-7-6-8-11-14/h6-8,10-11,13H,4-5,9,12H2,1-3H3. The van der Waals surface area contributed by atoms with Gasteiger partial charge in [-0.15, -0.1) is 0 Å². The van der Waals surface area contributed by atoms with E-state index in [1.54, 1.807) is 6.42 Å². The summed E-state index contributed by atoms with van der Waals surface area (Å²) in [7, 11) is 0. The summed E-state index contributed by atoms with van der Waals surface area (Å²) in [6.07, 6.45) is 6.29. The number of unbranched alkanes of at least 4 members (excludes halogenated alkanes) is 2. The Morgan fingerprint density at radius 2 is 1.82 bits per heavy atom. The molecule has 1 radical (unpaired) electrons. The van der Waals surface area contributed by atoms with Crippen LogP contribution in [0.4, 0.5) is 0 Å². The van der Waals surface area contributed by atoms with Crippen molar-refractivity contribution in [1.82, 2.24) is 0 Å². The van der Waals surface area contributed by atoms with E-state index in [0.29, 0.717) is 0 Å². The average Bonchev–Trinajstić information content (AvgIpc) is 2.30. The van der Waals surface area contributed by atoms with Crippen molar-refractivity contribution in [3.8, 4) is 0 Å². The predicted molar refractivity (Wildman–Crippen MR) is 72.8 cm³/mol. The maximum atomic E-state index is 12.2. The number of rotatable bonds is 7. The zero-order valence-electron chi connectivity index (χ0n) is 11.2. The molecular formula is C16H23O. The first-order valence-corrected chi connectivity index (χ1v) is 6.50. The van der Waals surface area contributed by atoms with Gasteiger partial charge in [-0.2, -0.15) is 0 Å². The second-order valence-corrected chi connectivity index (χ2v) is 5.26. The van der Waals surface area contributed by atoms with E-state index in [-0.39, 0.29) is 11.2 Å². The third-order valence-electron chi connectivity index (χ3n) is 3.17. The summed E-state index contributed by atoms with van der Waals surface area (Å²) in [5.74, 6) is 0.236. The molecule has 0 saturated carbocycles. The van der Waals surface area contributed by atoms with Gasteiger partial charge in [0.15, 0.2) is 0 Å². The highest BCUT2D eigenvalue weighted by atomic mass is 16.1. The van der Waals surface area contributed by atoms with E-state index in [1.807, 2.05) is 44.2 Å². The molecule has 1 rings (SSSR count). The van der Waals surface area contributed by atoms with Gasteiger partial charge < -0.3 is 0 Å². The van der Waals surface area contributed by atoms with Crippen LogP contribution in [-0.2, 0) is 4.79 Å². The van der Waals surface area contributed by atoms with Crippen LogP contribution in [0.3, 0.4) is 0 Å². The highest BCUT2D eigenvalue weighted by Crippen LogP contribution is 2.27. The smallest absolute Gasteiger partial charge is 0.146 e. The fourth-order valence-corrected chi connectivity index (χ4v) is 1.84. The number of ketones is 1. The molecule has 93 valence electrons. The quantitative estimate of drug-likeness (QED) is 0.635. The topological polar surface area (TPSA) is 17.1 Å². The lowest BCUT2D eigenvalue weighted by molar-refractivity contribution is -0.123. The van der Waals surface area contributed by atoms with Gasteiger partial charge in [-0.05, 0) is 12.0 Å². The Hall–Kier alpha value is -1.11. The van der Waals surface area contributed by atoms with Gasteiger partial charge in [0.25, 0.3) is 0 Å². The molecule has 0 saturated heterocycles. The summed E-state index contributed by atoms with van der Waals surface area (Å²) in [6.45, 7) is 6.28. The third kappa shape index (κ3) is 4.72. The molecule has 0 N–H and O–H groups in total. The molecule has 0 aliphatic rings. The third-order valence-corrected chi connectivity index (χ3v) is 3.17. The molecule has 0 heterocycles. The second kappa shape index (κ2) is 6.58. The van der Waals surface area contributed by atoms with Crippen LogP contribution in [0.15, 0.2) is 30.3 Å². The Balaban J connectivity index is 2.51. The summed E-state index contributed by atoms with van der Waals surface area (Å²) in [6, 6.07) is 9.83. The molecule has 0 aromatic heterocycles. The molecule has 1 aromatic carbocycles. The van der Waals surface area contributed by atoms with E-state index < -0.39 is 0 Å². The van der Waals surface area contributed by atoms with Crippen LogP contribution >= 0.6 is 0 Å². The van der Waals surface area contributed by atoms with E-state index in [1.165, 1.54) is 12.8 Å². The Bertz CT molecular complexity index is 338. The monoisotopic (exact) mass is 231 g/mol. The van der Waals surface area contributed by atoms with Crippen LogP contribution in [0.2, 0.25) is 0 Å². The van der Waals surface area contributed by atoms with Gasteiger partial charge in [0.1, 0.15) is 5.78 Å². The highest BCUT2D eigenvalue weighted by Gasteiger charge is 2.26. The number of benzene rings is 1. The van der Waals surface area contributed by atoms with Crippen molar-refractivity contribution in [2.24, 2.45) is 5.41 Å². The van der Waals surface area contributed by atoms with E-state index >= 15 is 0 Å². The van der Waals surface area contributed by atoms with Crippen molar-refractivity contribution in [1.29, 1.82) is 0 Å². The lowest BCUT2D eigenvalue weighted by atomic mass is 9.80. The van der Waals surface area contributed by atoms with Gasteiger partial charge in [0, 0.05) is 5.41 Å². The normalized spacial score (nSPS) is 11.5.